The highest BCUT2D eigenvalue weighted by molar-refractivity contribution is 7.17. The normalized spacial score (nSPS) is 10.7. The van der Waals surface area contributed by atoms with E-state index in [1.54, 1.807) is 19.1 Å². The number of nitrogens with one attached hydrogen (secondary N) is 1. The third-order valence-corrected chi connectivity index (χ3v) is 6.10. The van der Waals surface area contributed by atoms with Crippen LogP contribution in [0.25, 0.3) is 11.1 Å². The molecule has 3 rings (SSSR count). The number of carbonyl (C=O) groups is 2. The number of esters is 1. The number of amides is 1. The molecule has 156 valence electrons. The van der Waals surface area contributed by atoms with Crippen molar-refractivity contribution in [3.05, 3.63) is 74.1 Å². The van der Waals surface area contributed by atoms with Gasteiger partial charge in [-0.25, -0.2) is 4.79 Å². The van der Waals surface area contributed by atoms with Gasteiger partial charge in [-0.1, -0.05) is 41.4 Å². The number of carbonyl (C=O) groups excluding carboxylic acids is 2. The summed E-state index contributed by atoms with van der Waals surface area (Å²) in [5.74, 6) is -0.695. The fourth-order valence-corrected chi connectivity index (χ4v) is 4.88. The molecule has 30 heavy (non-hydrogen) atoms. The molecule has 0 unspecified atom stereocenters. The van der Waals surface area contributed by atoms with Crippen LogP contribution in [-0.4, -0.2) is 18.5 Å². The van der Waals surface area contributed by atoms with Gasteiger partial charge in [0.2, 0.25) is 0 Å². The molecule has 0 spiro atoms. The first-order valence-corrected chi connectivity index (χ1v) is 10.9. The molecule has 0 bridgehead atoms. The van der Waals surface area contributed by atoms with Gasteiger partial charge >= 0.3 is 5.97 Å². The van der Waals surface area contributed by atoms with Crippen LogP contribution in [0.3, 0.4) is 0 Å². The Morgan fingerprint density at radius 1 is 1.00 bits per heavy atom. The van der Waals surface area contributed by atoms with Gasteiger partial charge < -0.3 is 10.1 Å². The Kier molecular flexibility index (Phi) is 6.64. The molecular formula is C24H24ClNO3S. The predicted octanol–water partition coefficient (Wildman–Crippen LogP) is 6.73. The largest absolute Gasteiger partial charge is 0.462 e. The molecule has 0 saturated heterocycles. The average Bonchev–Trinajstić information content (AvgIpc) is 2.97. The van der Waals surface area contributed by atoms with E-state index in [-0.39, 0.29) is 12.5 Å². The van der Waals surface area contributed by atoms with Gasteiger partial charge in [0.05, 0.1) is 6.61 Å². The first-order valence-electron chi connectivity index (χ1n) is 9.68. The van der Waals surface area contributed by atoms with E-state index in [0.29, 0.717) is 21.2 Å². The topological polar surface area (TPSA) is 55.4 Å². The quantitative estimate of drug-likeness (QED) is 0.446. The van der Waals surface area contributed by atoms with Gasteiger partial charge in [0.15, 0.2) is 0 Å². The van der Waals surface area contributed by atoms with Crippen molar-refractivity contribution in [3.63, 3.8) is 0 Å². The Hall–Kier alpha value is -2.63. The number of rotatable bonds is 5. The van der Waals surface area contributed by atoms with Gasteiger partial charge in [-0.05, 0) is 63.4 Å². The predicted molar refractivity (Wildman–Crippen MR) is 124 cm³/mol. The standard InChI is InChI=1S/C24H24ClNO3S/c1-6-29-24(28)21-20(17-7-9-18(25)10-8-17)16(5)30-23(21)26-22(27)19-14(3)11-13(2)12-15(19)4/h7-12H,6H2,1-5H3,(H,26,27). The number of hydrogen-bond donors (Lipinski definition) is 1. The zero-order valence-electron chi connectivity index (χ0n) is 17.7. The summed E-state index contributed by atoms with van der Waals surface area (Å²) in [6, 6.07) is 11.2. The number of hydrogen-bond acceptors (Lipinski definition) is 4. The van der Waals surface area contributed by atoms with E-state index in [1.807, 2.05) is 52.0 Å². The Balaban J connectivity index is 2.09. The molecule has 1 amide bonds. The molecule has 3 aromatic rings. The molecule has 2 aromatic carbocycles. The number of thiophene rings is 1. The zero-order valence-corrected chi connectivity index (χ0v) is 19.3. The van der Waals surface area contributed by atoms with Crippen LogP contribution in [0.15, 0.2) is 36.4 Å². The number of anilines is 1. The molecule has 0 saturated carbocycles. The van der Waals surface area contributed by atoms with Gasteiger partial charge in [0, 0.05) is 21.0 Å². The maximum absolute atomic E-state index is 13.1. The molecule has 0 aliphatic carbocycles. The van der Waals surface area contributed by atoms with Crippen molar-refractivity contribution in [1.82, 2.24) is 0 Å². The van der Waals surface area contributed by atoms with E-state index >= 15 is 0 Å². The van der Waals surface area contributed by atoms with Crippen molar-refractivity contribution in [2.24, 2.45) is 0 Å². The van der Waals surface area contributed by atoms with Crippen molar-refractivity contribution in [2.75, 3.05) is 11.9 Å². The summed E-state index contributed by atoms with van der Waals surface area (Å²) in [6.45, 7) is 9.77. The van der Waals surface area contributed by atoms with Gasteiger partial charge in [-0.3, -0.25) is 4.79 Å². The highest BCUT2D eigenvalue weighted by Crippen LogP contribution is 2.41. The maximum atomic E-state index is 13.1. The number of halogens is 1. The first kappa shape index (κ1) is 22.1. The third-order valence-electron chi connectivity index (χ3n) is 4.83. The molecule has 0 aliphatic rings. The lowest BCUT2D eigenvalue weighted by Gasteiger charge is -2.12. The Morgan fingerprint density at radius 2 is 1.60 bits per heavy atom. The minimum atomic E-state index is -0.459. The van der Waals surface area contributed by atoms with E-state index in [9.17, 15) is 9.59 Å². The number of aryl methyl sites for hydroxylation is 4. The zero-order chi connectivity index (χ0) is 22.0. The van der Waals surface area contributed by atoms with Crippen LogP contribution in [0.2, 0.25) is 5.02 Å². The molecule has 0 aliphatic heterocycles. The Bertz CT molecular complexity index is 1090. The highest BCUT2D eigenvalue weighted by Gasteiger charge is 2.26. The second-order valence-corrected chi connectivity index (χ2v) is 8.85. The number of ether oxygens (including phenoxy) is 1. The fourth-order valence-electron chi connectivity index (χ4n) is 3.70. The molecule has 0 fully saturated rings. The first-order chi connectivity index (χ1) is 14.2. The maximum Gasteiger partial charge on any atom is 0.341 e. The molecule has 0 atom stereocenters. The van der Waals surface area contributed by atoms with Gasteiger partial charge in [-0.15, -0.1) is 11.3 Å². The lowest BCUT2D eigenvalue weighted by atomic mass is 9.99. The molecule has 6 heteroatoms. The Labute approximate surface area is 185 Å². The van der Waals surface area contributed by atoms with E-state index in [2.05, 4.69) is 5.32 Å². The van der Waals surface area contributed by atoms with Crippen molar-refractivity contribution in [2.45, 2.75) is 34.6 Å². The lowest BCUT2D eigenvalue weighted by molar-refractivity contribution is 0.0529. The summed E-state index contributed by atoms with van der Waals surface area (Å²) >= 11 is 7.39. The van der Waals surface area contributed by atoms with Crippen LogP contribution in [0, 0.1) is 27.7 Å². The average molecular weight is 442 g/mol. The van der Waals surface area contributed by atoms with Crippen molar-refractivity contribution in [3.8, 4) is 11.1 Å². The van der Waals surface area contributed by atoms with Crippen LogP contribution in [0.1, 0.15) is 49.2 Å². The summed E-state index contributed by atoms with van der Waals surface area (Å²) in [4.78, 5) is 26.9. The molecule has 0 radical (unpaired) electrons. The van der Waals surface area contributed by atoms with E-state index in [0.717, 1.165) is 32.7 Å². The minimum absolute atomic E-state index is 0.237. The van der Waals surface area contributed by atoms with Crippen LogP contribution in [0.4, 0.5) is 5.00 Å². The highest BCUT2D eigenvalue weighted by atomic mass is 35.5. The number of benzene rings is 2. The van der Waals surface area contributed by atoms with Crippen molar-refractivity contribution < 1.29 is 14.3 Å². The summed E-state index contributed by atoms with van der Waals surface area (Å²) < 4.78 is 5.31. The summed E-state index contributed by atoms with van der Waals surface area (Å²) in [6.07, 6.45) is 0. The Morgan fingerprint density at radius 3 is 2.17 bits per heavy atom. The van der Waals surface area contributed by atoms with Gasteiger partial charge in [0.1, 0.15) is 10.6 Å². The SMILES string of the molecule is CCOC(=O)c1c(NC(=O)c2c(C)cc(C)cc2C)sc(C)c1-c1ccc(Cl)cc1. The second-order valence-electron chi connectivity index (χ2n) is 7.19. The summed E-state index contributed by atoms with van der Waals surface area (Å²) in [5, 5.41) is 4.06. The summed E-state index contributed by atoms with van der Waals surface area (Å²) in [5.41, 5.74) is 5.49. The molecule has 1 aromatic heterocycles. The van der Waals surface area contributed by atoms with Gasteiger partial charge in [-0.2, -0.15) is 0 Å². The molecular weight excluding hydrogens is 418 g/mol. The smallest absolute Gasteiger partial charge is 0.341 e. The van der Waals surface area contributed by atoms with Crippen LogP contribution < -0.4 is 5.32 Å². The fraction of sp³-hybridized carbons (Fsp3) is 0.250. The minimum Gasteiger partial charge on any atom is -0.462 e. The third kappa shape index (κ3) is 4.42. The van der Waals surface area contributed by atoms with Crippen molar-refractivity contribution >= 4 is 39.8 Å². The van der Waals surface area contributed by atoms with Crippen molar-refractivity contribution in [1.29, 1.82) is 0 Å². The van der Waals surface area contributed by atoms with Crippen LogP contribution in [0.5, 0.6) is 0 Å². The monoisotopic (exact) mass is 441 g/mol. The molecule has 1 N–H and O–H groups in total. The van der Waals surface area contributed by atoms with Gasteiger partial charge in [0.25, 0.3) is 5.91 Å². The lowest BCUT2D eigenvalue weighted by Crippen LogP contribution is -2.17. The molecule has 4 nitrogen and oxygen atoms in total. The van der Waals surface area contributed by atoms with Crippen LogP contribution >= 0.6 is 22.9 Å². The van der Waals surface area contributed by atoms with E-state index in [1.165, 1.54) is 11.3 Å². The molecule has 1 heterocycles. The summed E-state index contributed by atoms with van der Waals surface area (Å²) in [7, 11) is 0. The second kappa shape index (κ2) is 9.02. The van der Waals surface area contributed by atoms with E-state index in [4.69, 9.17) is 16.3 Å². The van der Waals surface area contributed by atoms with E-state index < -0.39 is 5.97 Å². The van der Waals surface area contributed by atoms with Crippen LogP contribution in [-0.2, 0) is 4.74 Å².